The van der Waals surface area contributed by atoms with Gasteiger partial charge < -0.3 is 10.2 Å². The molecule has 0 spiro atoms. The number of nitrogens with zero attached hydrogens (tertiary/aromatic N) is 3. The van der Waals surface area contributed by atoms with Gasteiger partial charge in [0.15, 0.2) is 5.69 Å². The highest BCUT2D eigenvalue weighted by atomic mass is 16.2. The molecule has 1 aliphatic carbocycles. The monoisotopic (exact) mass is 473 g/mol. The van der Waals surface area contributed by atoms with Crippen LogP contribution >= 0.6 is 0 Å². The largest absolute Gasteiger partial charge is 0.337 e. The van der Waals surface area contributed by atoms with E-state index in [-0.39, 0.29) is 30.3 Å². The Morgan fingerprint density at radius 1 is 1.17 bits per heavy atom. The van der Waals surface area contributed by atoms with Gasteiger partial charge in [-0.1, -0.05) is 36.3 Å². The summed E-state index contributed by atoms with van der Waals surface area (Å²) in [5.41, 5.74) is 2.83. The molecule has 4 amide bonds. The fourth-order valence-corrected chi connectivity index (χ4v) is 5.80. The molecular weight excluding hydrogens is 442 g/mol. The van der Waals surface area contributed by atoms with Gasteiger partial charge in [-0.15, -0.1) is 5.92 Å². The first-order valence-electron chi connectivity index (χ1n) is 12.5. The molecule has 0 saturated carbocycles. The Bertz CT molecular complexity index is 1190. The number of urea groups is 1. The number of hydrogen-bond acceptors (Lipinski definition) is 4. The standard InChI is InChI=1S/C27H31N5O3/c1-2-3-16-32-25(34)27(28-26(32)35,15-12-19-8-5-4-6-9-19)20-13-17-31(18-14-20)24(33)23-21-10-7-11-22(21)29-30-23/h4-6,8-9,20H,7,10-18H2,1H3,(H,28,35)(H,29,30). The average Bonchev–Trinajstić information content (AvgIpc) is 3.57. The number of aromatic nitrogens is 2. The smallest absolute Gasteiger partial charge is 0.325 e. The van der Waals surface area contributed by atoms with E-state index in [1.807, 2.05) is 35.2 Å². The molecule has 1 atom stereocenters. The third-order valence-electron chi connectivity index (χ3n) is 7.75. The zero-order valence-corrected chi connectivity index (χ0v) is 20.1. The van der Waals surface area contributed by atoms with Crippen molar-refractivity contribution in [2.24, 2.45) is 5.92 Å². The van der Waals surface area contributed by atoms with Crippen molar-refractivity contribution >= 4 is 17.8 Å². The summed E-state index contributed by atoms with van der Waals surface area (Å²) in [4.78, 5) is 42.8. The molecule has 0 bridgehead atoms. The van der Waals surface area contributed by atoms with Crippen molar-refractivity contribution in [2.45, 2.75) is 57.4 Å². The van der Waals surface area contributed by atoms with Crippen molar-refractivity contribution in [3.05, 3.63) is 52.8 Å². The van der Waals surface area contributed by atoms with Gasteiger partial charge >= 0.3 is 6.03 Å². The number of fused-ring (bicyclic) bond motifs is 1. The van der Waals surface area contributed by atoms with Crippen LogP contribution in [0.4, 0.5) is 4.79 Å². The van der Waals surface area contributed by atoms with Crippen LogP contribution < -0.4 is 5.32 Å². The Morgan fingerprint density at radius 3 is 2.69 bits per heavy atom. The Balaban J connectivity index is 1.33. The van der Waals surface area contributed by atoms with Crippen LogP contribution in [0.15, 0.2) is 30.3 Å². The number of aromatic amines is 1. The zero-order chi connectivity index (χ0) is 24.4. The normalized spacial score (nSPS) is 22.1. The number of imide groups is 1. The predicted molar refractivity (Wildman–Crippen MR) is 130 cm³/mol. The maximum atomic E-state index is 13.7. The van der Waals surface area contributed by atoms with Gasteiger partial charge in [0, 0.05) is 24.3 Å². The molecule has 2 aromatic rings. The third-order valence-corrected chi connectivity index (χ3v) is 7.75. The number of amides is 4. The van der Waals surface area contributed by atoms with Gasteiger partial charge in [0.1, 0.15) is 5.54 Å². The molecule has 8 nitrogen and oxygen atoms in total. The highest BCUT2D eigenvalue weighted by molar-refractivity contribution is 6.07. The molecule has 3 heterocycles. The lowest BCUT2D eigenvalue weighted by molar-refractivity contribution is -0.133. The fourth-order valence-electron chi connectivity index (χ4n) is 5.80. The van der Waals surface area contributed by atoms with Gasteiger partial charge in [-0.05, 0) is 63.4 Å². The number of aryl methyl sites for hydroxylation is 2. The van der Waals surface area contributed by atoms with E-state index in [1.54, 1.807) is 6.92 Å². The maximum absolute atomic E-state index is 13.7. The molecule has 35 heavy (non-hydrogen) atoms. The molecule has 2 N–H and O–H groups in total. The van der Waals surface area contributed by atoms with Crippen molar-refractivity contribution in [1.29, 1.82) is 0 Å². The minimum Gasteiger partial charge on any atom is -0.337 e. The summed E-state index contributed by atoms with van der Waals surface area (Å²) in [6.07, 6.45) is 5.38. The summed E-state index contributed by atoms with van der Waals surface area (Å²) in [5, 5.41) is 10.4. The van der Waals surface area contributed by atoms with Gasteiger partial charge in [-0.2, -0.15) is 5.10 Å². The highest BCUT2D eigenvalue weighted by Gasteiger charge is 2.55. The molecule has 2 fully saturated rings. The molecule has 0 radical (unpaired) electrons. The summed E-state index contributed by atoms with van der Waals surface area (Å²) in [7, 11) is 0. The summed E-state index contributed by atoms with van der Waals surface area (Å²) in [6, 6.07) is 9.63. The molecule has 5 rings (SSSR count). The van der Waals surface area contributed by atoms with Crippen molar-refractivity contribution in [1.82, 2.24) is 25.3 Å². The predicted octanol–water partition coefficient (Wildman–Crippen LogP) is 2.70. The molecule has 8 heteroatoms. The summed E-state index contributed by atoms with van der Waals surface area (Å²) < 4.78 is 0. The van der Waals surface area contributed by atoms with E-state index in [0.717, 1.165) is 36.1 Å². The number of benzene rings is 1. The number of rotatable bonds is 6. The fraction of sp³-hybridized carbons (Fsp3) is 0.481. The average molecular weight is 474 g/mol. The van der Waals surface area contributed by atoms with E-state index in [9.17, 15) is 14.4 Å². The minimum atomic E-state index is -0.981. The molecule has 2 saturated heterocycles. The van der Waals surface area contributed by atoms with E-state index >= 15 is 0 Å². The van der Waals surface area contributed by atoms with Crippen LogP contribution in [0.25, 0.3) is 0 Å². The maximum Gasteiger partial charge on any atom is 0.325 e. The second kappa shape index (κ2) is 9.57. The molecule has 3 aliphatic rings. The highest BCUT2D eigenvalue weighted by Crippen LogP contribution is 2.37. The Labute approximate surface area is 205 Å². The van der Waals surface area contributed by atoms with Gasteiger partial charge in [0.2, 0.25) is 0 Å². The van der Waals surface area contributed by atoms with E-state index in [0.29, 0.717) is 44.5 Å². The van der Waals surface area contributed by atoms with Crippen LogP contribution in [0, 0.1) is 17.8 Å². The minimum absolute atomic E-state index is 0.0391. The number of likely N-dealkylation sites (tertiary alicyclic amines) is 1. The van der Waals surface area contributed by atoms with Crippen molar-refractivity contribution in [2.75, 3.05) is 19.6 Å². The van der Waals surface area contributed by atoms with Gasteiger partial charge in [-0.3, -0.25) is 19.6 Å². The lowest BCUT2D eigenvalue weighted by Gasteiger charge is -2.41. The number of carbonyl (C=O) groups excluding carboxylic acids is 3. The SMILES string of the molecule is CC#CCN1C(=O)NC(CCc2ccccc2)(C2CCN(C(=O)c3n[nH]c4c3CCC4)CC2)C1=O. The second-order valence-corrected chi connectivity index (χ2v) is 9.65. The van der Waals surface area contributed by atoms with Crippen molar-refractivity contribution < 1.29 is 14.4 Å². The van der Waals surface area contributed by atoms with Gasteiger partial charge in [0.25, 0.3) is 11.8 Å². The van der Waals surface area contributed by atoms with E-state index in [2.05, 4.69) is 27.4 Å². The third kappa shape index (κ3) is 4.20. The van der Waals surface area contributed by atoms with Crippen molar-refractivity contribution in [3.8, 4) is 11.8 Å². The number of hydrogen-bond donors (Lipinski definition) is 2. The Morgan fingerprint density at radius 2 is 1.94 bits per heavy atom. The van der Waals surface area contributed by atoms with Crippen LogP contribution in [-0.4, -0.2) is 63.0 Å². The topological polar surface area (TPSA) is 98.4 Å². The zero-order valence-electron chi connectivity index (χ0n) is 20.1. The first-order chi connectivity index (χ1) is 17.0. The molecule has 1 aromatic heterocycles. The van der Waals surface area contributed by atoms with E-state index in [1.165, 1.54) is 4.90 Å². The molecule has 1 unspecified atom stereocenters. The first-order valence-corrected chi connectivity index (χ1v) is 12.5. The summed E-state index contributed by atoms with van der Waals surface area (Å²) in [5.74, 6) is 5.33. The van der Waals surface area contributed by atoms with Crippen LogP contribution in [0.1, 0.15) is 59.9 Å². The molecular formula is C27H31N5O3. The van der Waals surface area contributed by atoms with Crippen LogP contribution in [0.3, 0.4) is 0 Å². The van der Waals surface area contributed by atoms with E-state index in [4.69, 9.17) is 0 Å². The van der Waals surface area contributed by atoms with E-state index < -0.39 is 5.54 Å². The molecule has 1 aromatic carbocycles. The molecule has 2 aliphatic heterocycles. The first kappa shape index (κ1) is 23.2. The van der Waals surface area contributed by atoms with Crippen LogP contribution in [-0.2, 0) is 24.1 Å². The molecule has 182 valence electrons. The lowest BCUT2D eigenvalue weighted by Crippen LogP contribution is -2.57. The number of H-pyrrole nitrogens is 1. The lowest BCUT2D eigenvalue weighted by atomic mass is 9.74. The number of nitrogens with one attached hydrogen (secondary N) is 2. The van der Waals surface area contributed by atoms with Gasteiger partial charge in [-0.25, -0.2) is 4.79 Å². The van der Waals surface area contributed by atoms with Gasteiger partial charge in [0.05, 0.1) is 6.54 Å². The summed E-state index contributed by atoms with van der Waals surface area (Å²) >= 11 is 0. The summed E-state index contributed by atoms with van der Waals surface area (Å²) in [6.45, 7) is 2.87. The Hall–Kier alpha value is -3.60. The quantitative estimate of drug-likeness (QED) is 0.498. The number of piperidine rings is 1. The van der Waals surface area contributed by atoms with Crippen LogP contribution in [0.2, 0.25) is 0 Å². The van der Waals surface area contributed by atoms with Crippen molar-refractivity contribution in [3.63, 3.8) is 0 Å². The second-order valence-electron chi connectivity index (χ2n) is 9.65. The number of carbonyl (C=O) groups is 3. The van der Waals surface area contributed by atoms with Crippen LogP contribution in [0.5, 0.6) is 0 Å². The Kier molecular flexibility index (Phi) is 6.33.